The Labute approximate surface area is 177 Å². The first-order chi connectivity index (χ1) is 14.3. The molecule has 1 atom stereocenters. The number of hydrogen-bond acceptors (Lipinski definition) is 4. The number of anilines is 2. The van der Waals surface area contributed by atoms with Gasteiger partial charge in [0, 0.05) is 34.6 Å². The zero-order chi connectivity index (χ0) is 22.1. The van der Waals surface area contributed by atoms with Crippen LogP contribution < -0.4 is 21.3 Å². The molecule has 2 aromatic rings. The summed E-state index contributed by atoms with van der Waals surface area (Å²) in [6.07, 6.45) is 0.859. The average molecular weight is 411 g/mol. The molecule has 0 aliphatic rings. The van der Waals surface area contributed by atoms with E-state index in [0.717, 1.165) is 6.42 Å². The molecule has 7 heteroatoms. The van der Waals surface area contributed by atoms with Gasteiger partial charge in [-0.3, -0.25) is 14.4 Å². The topological polar surface area (TPSA) is 99.3 Å². The summed E-state index contributed by atoms with van der Waals surface area (Å²) >= 11 is 0. The first-order valence-electron chi connectivity index (χ1n) is 10.1. The molecule has 160 valence electrons. The highest BCUT2D eigenvalue weighted by atomic mass is 16.2. The Hall–Kier alpha value is -3.35. The zero-order valence-corrected chi connectivity index (χ0v) is 17.9. The van der Waals surface area contributed by atoms with E-state index < -0.39 is 0 Å². The van der Waals surface area contributed by atoms with E-state index in [1.54, 1.807) is 48.5 Å². The standard InChI is InChI=1S/C23H30N4O3/c1-5-16(4)26-22(29)17-9-11-19(12-10-17)27-21(28)14-24-20-8-6-7-18(13-20)23(30)25-15(2)3/h6-13,15-16,24H,5,14H2,1-4H3,(H,25,30)(H,26,29)(H,27,28). The van der Waals surface area contributed by atoms with Gasteiger partial charge in [0.1, 0.15) is 0 Å². The molecule has 0 bridgehead atoms. The lowest BCUT2D eigenvalue weighted by Gasteiger charge is -2.12. The first kappa shape index (κ1) is 22.9. The molecule has 1 unspecified atom stereocenters. The van der Waals surface area contributed by atoms with Crippen LogP contribution in [0.3, 0.4) is 0 Å². The van der Waals surface area contributed by atoms with Crippen LogP contribution in [0.2, 0.25) is 0 Å². The molecule has 0 aromatic heterocycles. The number of nitrogens with one attached hydrogen (secondary N) is 4. The lowest BCUT2D eigenvalue weighted by atomic mass is 10.1. The van der Waals surface area contributed by atoms with Crippen LogP contribution in [-0.4, -0.2) is 36.3 Å². The van der Waals surface area contributed by atoms with Crippen LogP contribution in [0.15, 0.2) is 48.5 Å². The van der Waals surface area contributed by atoms with E-state index in [4.69, 9.17) is 0 Å². The van der Waals surface area contributed by atoms with E-state index in [2.05, 4.69) is 21.3 Å². The average Bonchev–Trinajstić information content (AvgIpc) is 2.72. The second kappa shape index (κ2) is 11.0. The van der Waals surface area contributed by atoms with Crippen molar-refractivity contribution in [2.45, 2.75) is 46.2 Å². The van der Waals surface area contributed by atoms with E-state index in [-0.39, 0.29) is 36.3 Å². The molecule has 3 amide bonds. The third kappa shape index (κ3) is 7.24. The summed E-state index contributed by atoms with van der Waals surface area (Å²) in [4.78, 5) is 36.4. The Kier molecular flexibility index (Phi) is 8.41. The molecule has 0 saturated carbocycles. The summed E-state index contributed by atoms with van der Waals surface area (Å²) in [5.41, 5.74) is 2.36. The molecule has 0 spiro atoms. The summed E-state index contributed by atoms with van der Waals surface area (Å²) in [5.74, 6) is -0.523. The van der Waals surface area contributed by atoms with Gasteiger partial charge in [-0.05, 0) is 69.7 Å². The number of benzene rings is 2. The molecule has 2 aromatic carbocycles. The quantitative estimate of drug-likeness (QED) is 0.509. The van der Waals surface area contributed by atoms with Crippen molar-refractivity contribution in [2.24, 2.45) is 0 Å². The maximum atomic E-state index is 12.2. The van der Waals surface area contributed by atoms with E-state index in [1.807, 2.05) is 27.7 Å². The van der Waals surface area contributed by atoms with Gasteiger partial charge in [0.2, 0.25) is 5.91 Å². The highest BCUT2D eigenvalue weighted by Crippen LogP contribution is 2.12. The molecular formula is C23H30N4O3. The van der Waals surface area contributed by atoms with Crippen LogP contribution in [-0.2, 0) is 4.79 Å². The van der Waals surface area contributed by atoms with Crippen molar-refractivity contribution in [3.63, 3.8) is 0 Å². The normalized spacial score (nSPS) is 11.5. The Morgan fingerprint density at radius 2 is 1.50 bits per heavy atom. The van der Waals surface area contributed by atoms with Crippen LogP contribution in [0.1, 0.15) is 54.8 Å². The van der Waals surface area contributed by atoms with Crippen molar-refractivity contribution in [1.29, 1.82) is 0 Å². The van der Waals surface area contributed by atoms with E-state index in [1.165, 1.54) is 0 Å². The molecule has 30 heavy (non-hydrogen) atoms. The van der Waals surface area contributed by atoms with Crippen LogP contribution in [0, 0.1) is 0 Å². The van der Waals surface area contributed by atoms with E-state index in [0.29, 0.717) is 22.5 Å². The Balaban J connectivity index is 1.88. The zero-order valence-electron chi connectivity index (χ0n) is 17.9. The molecule has 0 radical (unpaired) electrons. The van der Waals surface area contributed by atoms with Gasteiger partial charge >= 0.3 is 0 Å². The van der Waals surface area contributed by atoms with Crippen molar-refractivity contribution in [2.75, 3.05) is 17.2 Å². The molecule has 0 aliphatic heterocycles. The number of hydrogen-bond donors (Lipinski definition) is 4. The van der Waals surface area contributed by atoms with Gasteiger partial charge < -0.3 is 21.3 Å². The highest BCUT2D eigenvalue weighted by Gasteiger charge is 2.10. The monoisotopic (exact) mass is 410 g/mol. The van der Waals surface area contributed by atoms with Crippen LogP contribution in [0.4, 0.5) is 11.4 Å². The number of rotatable bonds is 9. The minimum atomic E-state index is -0.233. The van der Waals surface area contributed by atoms with Gasteiger partial charge in [0.15, 0.2) is 0 Å². The smallest absolute Gasteiger partial charge is 0.251 e. The molecular weight excluding hydrogens is 380 g/mol. The van der Waals surface area contributed by atoms with Crippen molar-refractivity contribution >= 4 is 29.1 Å². The largest absolute Gasteiger partial charge is 0.376 e. The molecule has 0 fully saturated rings. The fraction of sp³-hybridized carbons (Fsp3) is 0.348. The van der Waals surface area contributed by atoms with Crippen molar-refractivity contribution in [1.82, 2.24) is 10.6 Å². The third-order valence-corrected chi connectivity index (χ3v) is 4.42. The summed E-state index contributed by atoms with van der Waals surface area (Å²) in [5, 5.41) is 11.5. The minimum Gasteiger partial charge on any atom is -0.376 e. The van der Waals surface area contributed by atoms with Crippen LogP contribution in [0.5, 0.6) is 0 Å². The predicted octanol–water partition coefficient (Wildman–Crippen LogP) is 3.40. The summed E-state index contributed by atoms with van der Waals surface area (Å²) in [6, 6.07) is 13.9. The summed E-state index contributed by atoms with van der Waals surface area (Å²) in [7, 11) is 0. The maximum Gasteiger partial charge on any atom is 0.251 e. The van der Waals surface area contributed by atoms with E-state index in [9.17, 15) is 14.4 Å². The number of amides is 3. The second-order valence-electron chi connectivity index (χ2n) is 7.47. The van der Waals surface area contributed by atoms with Crippen molar-refractivity contribution in [3.05, 3.63) is 59.7 Å². The molecule has 7 nitrogen and oxygen atoms in total. The third-order valence-electron chi connectivity index (χ3n) is 4.42. The Morgan fingerprint density at radius 3 is 2.13 bits per heavy atom. The first-order valence-corrected chi connectivity index (χ1v) is 10.1. The summed E-state index contributed by atoms with van der Waals surface area (Å²) in [6.45, 7) is 7.80. The van der Waals surface area contributed by atoms with Crippen molar-refractivity contribution < 1.29 is 14.4 Å². The fourth-order valence-electron chi connectivity index (χ4n) is 2.62. The van der Waals surface area contributed by atoms with Gasteiger partial charge in [-0.15, -0.1) is 0 Å². The lowest BCUT2D eigenvalue weighted by Crippen LogP contribution is -2.31. The molecule has 2 rings (SSSR count). The van der Waals surface area contributed by atoms with Crippen molar-refractivity contribution in [3.8, 4) is 0 Å². The van der Waals surface area contributed by atoms with Gasteiger partial charge in [-0.25, -0.2) is 0 Å². The number of carbonyl (C=O) groups is 3. The Bertz CT molecular complexity index is 878. The lowest BCUT2D eigenvalue weighted by molar-refractivity contribution is -0.114. The second-order valence-corrected chi connectivity index (χ2v) is 7.47. The van der Waals surface area contributed by atoms with Gasteiger partial charge in [0.05, 0.1) is 6.54 Å². The fourth-order valence-corrected chi connectivity index (χ4v) is 2.62. The minimum absolute atomic E-state index is 0.0471. The maximum absolute atomic E-state index is 12.2. The number of carbonyl (C=O) groups excluding carboxylic acids is 3. The Morgan fingerprint density at radius 1 is 0.833 bits per heavy atom. The molecule has 0 saturated heterocycles. The van der Waals surface area contributed by atoms with Gasteiger partial charge in [0.25, 0.3) is 11.8 Å². The predicted molar refractivity (Wildman–Crippen MR) is 120 cm³/mol. The van der Waals surface area contributed by atoms with Crippen LogP contribution >= 0.6 is 0 Å². The van der Waals surface area contributed by atoms with E-state index >= 15 is 0 Å². The van der Waals surface area contributed by atoms with Crippen LogP contribution in [0.25, 0.3) is 0 Å². The molecule has 0 heterocycles. The SMILES string of the molecule is CCC(C)NC(=O)c1ccc(NC(=O)CNc2cccc(C(=O)NC(C)C)c2)cc1. The summed E-state index contributed by atoms with van der Waals surface area (Å²) < 4.78 is 0. The van der Waals surface area contributed by atoms with Gasteiger partial charge in [-0.1, -0.05) is 13.0 Å². The molecule has 4 N–H and O–H groups in total. The highest BCUT2D eigenvalue weighted by molar-refractivity contribution is 5.97. The van der Waals surface area contributed by atoms with Gasteiger partial charge in [-0.2, -0.15) is 0 Å². The molecule has 0 aliphatic carbocycles.